The Morgan fingerprint density at radius 2 is 1.15 bits per heavy atom. The van der Waals surface area contributed by atoms with Crippen molar-refractivity contribution in [3.8, 4) is 22.4 Å². The number of nitrogens with zero attached hydrogens (tertiary/aromatic N) is 4. The number of pyridine rings is 1. The van der Waals surface area contributed by atoms with E-state index in [-0.39, 0.29) is 5.56 Å². The summed E-state index contributed by atoms with van der Waals surface area (Å²) in [5.74, 6) is -1.08. The summed E-state index contributed by atoms with van der Waals surface area (Å²) in [6.07, 6.45) is 7.68. The normalized spacial score (nSPS) is 11.8. The van der Waals surface area contributed by atoms with Crippen molar-refractivity contribution in [3.05, 3.63) is 210 Å². The molecule has 0 spiro atoms. The van der Waals surface area contributed by atoms with Crippen LogP contribution in [0.5, 0.6) is 0 Å². The van der Waals surface area contributed by atoms with Gasteiger partial charge in [0, 0.05) is 29.1 Å². The average molecular weight is 682 g/mol. The second kappa shape index (κ2) is 13.3. The van der Waals surface area contributed by atoms with Crippen molar-refractivity contribution in [3.63, 3.8) is 0 Å². The van der Waals surface area contributed by atoms with E-state index >= 15 is 4.39 Å². The van der Waals surface area contributed by atoms with Gasteiger partial charge in [0.05, 0.1) is 29.2 Å². The van der Waals surface area contributed by atoms with E-state index in [2.05, 4.69) is 89.3 Å². The molecule has 52 heavy (non-hydrogen) atoms. The highest BCUT2D eigenvalue weighted by atomic mass is 19.1. The first-order chi connectivity index (χ1) is 25.3. The number of rotatable bonds is 9. The number of hydrogen-bond acceptors (Lipinski definition) is 3. The molecule has 6 nitrogen and oxygen atoms in total. The number of amides is 1. The van der Waals surface area contributed by atoms with Crippen LogP contribution in [0.3, 0.4) is 0 Å². The van der Waals surface area contributed by atoms with Gasteiger partial charge in [0.1, 0.15) is 17.0 Å². The topological polar surface area (TPSA) is 64.2 Å². The Kier molecular flexibility index (Phi) is 8.32. The predicted molar refractivity (Wildman–Crippen MR) is 203 cm³/mol. The number of hydrogen-bond donors (Lipinski definition) is 1. The fourth-order valence-electron chi connectivity index (χ4n) is 7.09. The van der Waals surface area contributed by atoms with Crippen molar-refractivity contribution < 1.29 is 9.18 Å². The van der Waals surface area contributed by atoms with Crippen molar-refractivity contribution >= 4 is 11.6 Å². The van der Waals surface area contributed by atoms with E-state index < -0.39 is 22.8 Å². The molecular weight excluding hydrogens is 646 g/mol. The van der Waals surface area contributed by atoms with Crippen LogP contribution in [0.2, 0.25) is 0 Å². The van der Waals surface area contributed by atoms with Crippen LogP contribution in [0.1, 0.15) is 46.5 Å². The molecule has 3 heterocycles. The first-order valence-corrected chi connectivity index (χ1v) is 17.2. The van der Waals surface area contributed by atoms with E-state index in [4.69, 9.17) is 5.10 Å². The molecule has 8 aromatic rings. The molecule has 0 bridgehead atoms. The smallest absolute Gasteiger partial charge is 0.254 e. The molecule has 254 valence electrons. The van der Waals surface area contributed by atoms with E-state index in [0.29, 0.717) is 16.9 Å². The molecule has 0 aliphatic heterocycles. The minimum absolute atomic E-state index is 0.0200. The zero-order valence-electron chi connectivity index (χ0n) is 28.8. The van der Waals surface area contributed by atoms with Crippen molar-refractivity contribution in [2.75, 3.05) is 0 Å². The van der Waals surface area contributed by atoms with Crippen molar-refractivity contribution in [2.45, 2.75) is 24.9 Å². The lowest BCUT2D eigenvalue weighted by Gasteiger charge is -2.36. The van der Waals surface area contributed by atoms with Gasteiger partial charge >= 0.3 is 0 Å². The lowest BCUT2D eigenvalue weighted by Crippen LogP contribution is -2.41. The Hall–Kier alpha value is -6.60. The van der Waals surface area contributed by atoms with Crippen LogP contribution in [0, 0.1) is 5.82 Å². The summed E-state index contributed by atoms with van der Waals surface area (Å²) in [6, 6.07) is 49.6. The van der Waals surface area contributed by atoms with Crippen LogP contribution in [-0.4, -0.2) is 25.1 Å². The number of halogens is 1. The maximum absolute atomic E-state index is 15.6. The lowest BCUT2D eigenvalue weighted by molar-refractivity contribution is 0.0908. The van der Waals surface area contributed by atoms with Gasteiger partial charge < -0.3 is 5.32 Å². The maximum atomic E-state index is 15.6. The number of benzene rings is 5. The van der Waals surface area contributed by atoms with Gasteiger partial charge in [-0.1, -0.05) is 127 Å². The van der Waals surface area contributed by atoms with Crippen LogP contribution >= 0.6 is 0 Å². The zero-order chi connectivity index (χ0) is 35.7. The van der Waals surface area contributed by atoms with Gasteiger partial charge in [0.2, 0.25) is 0 Å². The summed E-state index contributed by atoms with van der Waals surface area (Å²) in [4.78, 5) is 17.8. The third-order valence-corrected chi connectivity index (χ3v) is 9.77. The summed E-state index contributed by atoms with van der Waals surface area (Å²) in [5.41, 5.74) is 6.57. The SMILES string of the molecule is CC(C)(NC(=O)c1ccc(-c2cnc3ccc(-c4cnn(C(c5ccccc5)(c5ccccc5)c5ccccc5)c4)cn23)cc1F)c1ccccc1. The van der Waals surface area contributed by atoms with Gasteiger partial charge in [-0.25, -0.2) is 9.37 Å². The number of imidazole rings is 1. The van der Waals surface area contributed by atoms with E-state index in [1.807, 2.05) is 96.0 Å². The molecule has 0 aliphatic rings. The molecule has 0 unspecified atom stereocenters. The molecule has 0 radical (unpaired) electrons. The Labute approximate surface area is 301 Å². The molecule has 0 fully saturated rings. The molecular formula is C45H36FN5O. The molecule has 0 aliphatic carbocycles. The molecule has 0 saturated carbocycles. The van der Waals surface area contributed by atoms with Crippen LogP contribution in [-0.2, 0) is 11.1 Å². The second-order valence-corrected chi connectivity index (χ2v) is 13.4. The Bertz CT molecular complexity index is 2390. The standard InChI is InChI=1S/C45H36FN5O/c1-44(2,35-15-7-3-8-16-35)49-43(52)39-25-23-32(27-40(39)46)41-29-47-42-26-24-33(30-50(41)42)34-28-48-51(31-34)45(36-17-9-4-10-18-36,37-19-11-5-12-20-37)38-21-13-6-14-22-38/h3-31H,1-2H3,(H,49,52). The van der Waals surface area contributed by atoms with E-state index in [9.17, 15) is 4.79 Å². The monoisotopic (exact) mass is 681 g/mol. The summed E-state index contributed by atoms with van der Waals surface area (Å²) in [5, 5.41) is 8.01. The molecule has 0 atom stereocenters. The summed E-state index contributed by atoms with van der Waals surface area (Å²) >= 11 is 0. The largest absolute Gasteiger partial charge is 0.343 e. The third-order valence-electron chi connectivity index (χ3n) is 9.77. The van der Waals surface area contributed by atoms with Crippen LogP contribution < -0.4 is 5.32 Å². The van der Waals surface area contributed by atoms with Crippen LogP contribution in [0.4, 0.5) is 4.39 Å². The molecule has 5 aromatic carbocycles. The van der Waals surface area contributed by atoms with Crippen molar-refractivity contribution in [1.29, 1.82) is 0 Å². The molecule has 0 saturated heterocycles. The van der Waals surface area contributed by atoms with Gasteiger partial charge in [-0.15, -0.1) is 0 Å². The van der Waals surface area contributed by atoms with Gasteiger partial charge in [-0.05, 0) is 60.4 Å². The first kappa shape index (κ1) is 32.6. The highest BCUT2D eigenvalue weighted by Gasteiger charge is 2.39. The highest BCUT2D eigenvalue weighted by molar-refractivity contribution is 5.95. The highest BCUT2D eigenvalue weighted by Crippen LogP contribution is 2.41. The van der Waals surface area contributed by atoms with Gasteiger partial charge in [-0.3, -0.25) is 13.9 Å². The van der Waals surface area contributed by atoms with Gasteiger partial charge in [-0.2, -0.15) is 5.10 Å². The van der Waals surface area contributed by atoms with Crippen molar-refractivity contribution in [1.82, 2.24) is 24.5 Å². The van der Waals surface area contributed by atoms with Gasteiger partial charge in [0.25, 0.3) is 5.91 Å². The summed E-state index contributed by atoms with van der Waals surface area (Å²) in [7, 11) is 0. The van der Waals surface area contributed by atoms with E-state index in [1.54, 1.807) is 12.3 Å². The van der Waals surface area contributed by atoms with Crippen LogP contribution in [0.25, 0.3) is 28.0 Å². The summed E-state index contributed by atoms with van der Waals surface area (Å²) < 4.78 is 19.6. The predicted octanol–water partition coefficient (Wildman–Crippen LogP) is 9.51. The Balaban J connectivity index is 1.16. The first-order valence-electron chi connectivity index (χ1n) is 17.2. The molecule has 8 rings (SSSR count). The van der Waals surface area contributed by atoms with E-state index in [1.165, 1.54) is 12.1 Å². The Morgan fingerprint density at radius 3 is 1.71 bits per heavy atom. The quantitative estimate of drug-likeness (QED) is 0.154. The number of nitrogens with one attached hydrogen (secondary N) is 1. The van der Waals surface area contributed by atoms with Gasteiger partial charge in [0.15, 0.2) is 0 Å². The molecule has 3 aromatic heterocycles. The number of fused-ring (bicyclic) bond motifs is 1. The van der Waals surface area contributed by atoms with Crippen molar-refractivity contribution in [2.24, 2.45) is 0 Å². The number of carbonyl (C=O) groups is 1. The molecule has 1 amide bonds. The fourth-order valence-corrected chi connectivity index (χ4v) is 7.09. The Morgan fingerprint density at radius 1 is 0.615 bits per heavy atom. The number of carbonyl (C=O) groups excluding carboxylic acids is 1. The molecule has 1 N–H and O–H groups in total. The maximum Gasteiger partial charge on any atom is 0.254 e. The minimum Gasteiger partial charge on any atom is -0.343 e. The lowest BCUT2D eigenvalue weighted by atomic mass is 9.77. The number of aromatic nitrogens is 4. The summed E-state index contributed by atoms with van der Waals surface area (Å²) in [6.45, 7) is 3.80. The fraction of sp³-hybridized carbons (Fsp3) is 0.0889. The molecule has 7 heteroatoms. The third kappa shape index (κ3) is 5.76. The van der Waals surface area contributed by atoms with Crippen LogP contribution in [0.15, 0.2) is 176 Å². The second-order valence-electron chi connectivity index (χ2n) is 13.4. The zero-order valence-corrected chi connectivity index (χ0v) is 28.8. The van der Waals surface area contributed by atoms with E-state index in [0.717, 1.165) is 33.4 Å². The minimum atomic E-state index is -0.742. The average Bonchev–Trinajstić information content (AvgIpc) is 3.85.